The van der Waals surface area contributed by atoms with Gasteiger partial charge in [-0.3, -0.25) is 0 Å². The molecule has 0 aromatic carbocycles. The molecule has 0 amide bonds. The van der Waals surface area contributed by atoms with Crippen LogP contribution in [0.15, 0.2) is 29.4 Å². The lowest BCUT2D eigenvalue weighted by Crippen LogP contribution is -2.21. The zero-order valence-corrected chi connectivity index (χ0v) is 11.2. The molecule has 1 N–H and O–H groups in total. The molecule has 1 heterocycles. The van der Waals surface area contributed by atoms with Gasteiger partial charge >= 0.3 is 0 Å². The first-order valence-corrected chi connectivity index (χ1v) is 6.67. The van der Waals surface area contributed by atoms with E-state index in [-0.39, 0.29) is 0 Å². The zero-order chi connectivity index (χ0) is 12.5. The Morgan fingerprint density at radius 2 is 2.24 bits per heavy atom. The Labute approximate surface area is 105 Å². The summed E-state index contributed by atoms with van der Waals surface area (Å²) in [4.78, 5) is 0. The van der Waals surface area contributed by atoms with Crippen molar-refractivity contribution < 1.29 is 4.42 Å². The molecular weight excluding hydrogens is 210 g/mol. The number of aryl methyl sites for hydroxylation is 1. The average Bonchev–Trinajstić information content (AvgIpc) is 2.74. The molecule has 1 unspecified atom stereocenters. The predicted octanol–water partition coefficient (Wildman–Crippen LogP) is 4.38. The molecule has 0 spiro atoms. The van der Waals surface area contributed by atoms with Crippen molar-refractivity contribution in [3.8, 4) is 0 Å². The summed E-state index contributed by atoms with van der Waals surface area (Å²) in [5.41, 5.74) is 1.32. The fourth-order valence-corrected chi connectivity index (χ4v) is 2.18. The minimum atomic E-state index is 0.447. The summed E-state index contributed by atoms with van der Waals surface area (Å²) >= 11 is 0. The van der Waals surface area contributed by atoms with Crippen molar-refractivity contribution in [2.45, 2.75) is 52.0 Å². The van der Waals surface area contributed by atoms with Gasteiger partial charge < -0.3 is 9.73 Å². The molecule has 0 fully saturated rings. The quantitative estimate of drug-likeness (QED) is 0.507. The van der Waals surface area contributed by atoms with E-state index in [4.69, 9.17) is 4.42 Å². The third kappa shape index (κ3) is 4.78. The van der Waals surface area contributed by atoms with Crippen LogP contribution in [0.5, 0.6) is 0 Å². The normalized spacial score (nSPS) is 12.6. The molecular formula is C15H25NO. The van der Waals surface area contributed by atoms with Gasteiger partial charge in [-0.25, -0.2) is 0 Å². The van der Waals surface area contributed by atoms with Crippen molar-refractivity contribution in [3.63, 3.8) is 0 Å². The van der Waals surface area contributed by atoms with Gasteiger partial charge in [0.1, 0.15) is 5.76 Å². The molecule has 2 nitrogen and oxygen atoms in total. The van der Waals surface area contributed by atoms with Gasteiger partial charge in [0, 0.05) is 11.6 Å². The number of rotatable bonds is 9. The second-order valence-electron chi connectivity index (χ2n) is 4.47. The van der Waals surface area contributed by atoms with Gasteiger partial charge in [0.15, 0.2) is 0 Å². The molecule has 96 valence electrons. The molecule has 0 bridgehead atoms. The Bertz CT molecular complexity index is 316. The fourth-order valence-electron chi connectivity index (χ4n) is 2.18. The number of unbranched alkanes of at least 4 members (excludes halogenated alkanes) is 3. The molecule has 1 atom stereocenters. The van der Waals surface area contributed by atoms with Crippen molar-refractivity contribution >= 4 is 0 Å². The smallest absolute Gasteiger partial charge is 0.105 e. The van der Waals surface area contributed by atoms with Crippen molar-refractivity contribution in [1.29, 1.82) is 0 Å². The lowest BCUT2D eigenvalue weighted by molar-refractivity contribution is 0.466. The van der Waals surface area contributed by atoms with Gasteiger partial charge in [-0.2, -0.15) is 0 Å². The van der Waals surface area contributed by atoms with Crippen LogP contribution in [-0.2, 0) is 0 Å². The first-order chi connectivity index (χ1) is 8.29. The third-order valence-corrected chi connectivity index (χ3v) is 3.13. The number of hydrogen-bond donors (Lipinski definition) is 1. The van der Waals surface area contributed by atoms with Crippen LogP contribution in [-0.4, -0.2) is 6.54 Å². The highest BCUT2D eigenvalue weighted by atomic mass is 16.3. The minimum Gasteiger partial charge on any atom is -0.469 e. The van der Waals surface area contributed by atoms with Crippen LogP contribution in [0, 0.1) is 6.92 Å². The van der Waals surface area contributed by atoms with E-state index < -0.39 is 0 Å². The zero-order valence-electron chi connectivity index (χ0n) is 11.2. The maximum absolute atomic E-state index is 5.38. The lowest BCUT2D eigenvalue weighted by Gasteiger charge is -2.17. The van der Waals surface area contributed by atoms with Crippen LogP contribution >= 0.6 is 0 Å². The summed E-state index contributed by atoms with van der Waals surface area (Å²) in [6.07, 6.45) is 9.91. The third-order valence-electron chi connectivity index (χ3n) is 3.13. The topological polar surface area (TPSA) is 25.2 Å². The molecule has 0 aliphatic carbocycles. The predicted molar refractivity (Wildman–Crippen MR) is 73.1 cm³/mol. The van der Waals surface area contributed by atoms with E-state index in [9.17, 15) is 0 Å². The molecule has 0 aliphatic rings. The Hall–Kier alpha value is -1.02. The monoisotopic (exact) mass is 235 g/mol. The highest BCUT2D eigenvalue weighted by molar-refractivity contribution is 5.20. The van der Waals surface area contributed by atoms with Crippen LogP contribution in [0.3, 0.4) is 0 Å². The van der Waals surface area contributed by atoms with E-state index in [2.05, 4.69) is 24.9 Å². The number of nitrogens with one attached hydrogen (secondary N) is 1. The van der Waals surface area contributed by atoms with E-state index in [1.54, 1.807) is 6.26 Å². The molecule has 0 radical (unpaired) electrons. The van der Waals surface area contributed by atoms with Crippen LogP contribution in [0.25, 0.3) is 0 Å². The SMILES string of the molecule is C=CCCCCCC(NCC)c1ccoc1C. The second-order valence-corrected chi connectivity index (χ2v) is 4.47. The Balaban J connectivity index is 2.39. The van der Waals surface area contributed by atoms with Crippen LogP contribution in [0.2, 0.25) is 0 Å². The minimum absolute atomic E-state index is 0.447. The van der Waals surface area contributed by atoms with E-state index in [1.165, 1.54) is 31.2 Å². The molecule has 1 rings (SSSR count). The Morgan fingerprint density at radius 3 is 2.82 bits per heavy atom. The van der Waals surface area contributed by atoms with E-state index in [0.717, 1.165) is 18.7 Å². The largest absolute Gasteiger partial charge is 0.469 e. The van der Waals surface area contributed by atoms with E-state index in [1.807, 2.05) is 13.0 Å². The summed E-state index contributed by atoms with van der Waals surface area (Å²) < 4.78 is 5.38. The van der Waals surface area contributed by atoms with E-state index in [0.29, 0.717) is 6.04 Å². The van der Waals surface area contributed by atoms with Gasteiger partial charge in [-0.1, -0.05) is 25.8 Å². The van der Waals surface area contributed by atoms with Gasteiger partial charge in [0.05, 0.1) is 6.26 Å². The number of allylic oxidation sites excluding steroid dienone is 1. The molecule has 1 aromatic heterocycles. The van der Waals surface area contributed by atoms with Crippen molar-refractivity contribution in [3.05, 3.63) is 36.3 Å². The highest BCUT2D eigenvalue weighted by Gasteiger charge is 2.13. The van der Waals surface area contributed by atoms with Crippen molar-refractivity contribution in [2.75, 3.05) is 6.54 Å². The lowest BCUT2D eigenvalue weighted by atomic mass is 10.0. The summed E-state index contributed by atoms with van der Waals surface area (Å²) in [5.74, 6) is 1.04. The standard InChI is InChI=1S/C15H25NO/c1-4-6-7-8-9-10-15(16-5-2)14-11-12-17-13(14)3/h4,11-12,15-16H,1,5-10H2,2-3H3. The number of furan rings is 1. The maximum Gasteiger partial charge on any atom is 0.105 e. The van der Waals surface area contributed by atoms with Gasteiger partial charge in [0.25, 0.3) is 0 Å². The summed E-state index contributed by atoms with van der Waals surface area (Å²) in [7, 11) is 0. The highest BCUT2D eigenvalue weighted by Crippen LogP contribution is 2.23. The van der Waals surface area contributed by atoms with Crippen molar-refractivity contribution in [1.82, 2.24) is 5.32 Å². The van der Waals surface area contributed by atoms with Gasteiger partial charge in [0.2, 0.25) is 0 Å². The second kappa shape index (κ2) is 8.13. The molecule has 0 saturated carbocycles. The first-order valence-electron chi connectivity index (χ1n) is 6.67. The van der Waals surface area contributed by atoms with Crippen LogP contribution in [0.4, 0.5) is 0 Å². The van der Waals surface area contributed by atoms with Gasteiger partial charge in [-0.05, 0) is 38.8 Å². The van der Waals surface area contributed by atoms with E-state index >= 15 is 0 Å². The molecule has 0 aliphatic heterocycles. The summed E-state index contributed by atoms with van der Waals surface area (Å²) in [5, 5.41) is 3.54. The van der Waals surface area contributed by atoms with Crippen molar-refractivity contribution in [2.24, 2.45) is 0 Å². The fraction of sp³-hybridized carbons (Fsp3) is 0.600. The summed E-state index contributed by atoms with van der Waals surface area (Å²) in [6.45, 7) is 8.94. The molecule has 2 heteroatoms. The number of hydrogen-bond acceptors (Lipinski definition) is 2. The Kier molecular flexibility index (Phi) is 6.71. The van der Waals surface area contributed by atoms with Crippen LogP contribution in [0.1, 0.15) is 56.4 Å². The molecule has 1 aromatic rings. The first kappa shape index (κ1) is 14.0. The Morgan fingerprint density at radius 1 is 1.41 bits per heavy atom. The summed E-state index contributed by atoms with van der Waals surface area (Å²) in [6, 6.07) is 2.54. The van der Waals surface area contributed by atoms with Crippen LogP contribution < -0.4 is 5.32 Å². The maximum atomic E-state index is 5.38. The van der Waals surface area contributed by atoms with Gasteiger partial charge in [-0.15, -0.1) is 6.58 Å². The average molecular weight is 235 g/mol. The molecule has 17 heavy (non-hydrogen) atoms. The molecule has 0 saturated heterocycles.